The standard InChI is InChI=1S/C22H24N4OS/c1-2-26-20(18-13-7-4-8-14-18)23-24-22(26)28-19(17-11-5-3-6-12-17)21(27)25-15-9-10-16-25/h3-8,11-14,19H,2,9-10,15-16H2,1H3. The van der Waals surface area contributed by atoms with E-state index < -0.39 is 0 Å². The summed E-state index contributed by atoms with van der Waals surface area (Å²) in [6.45, 7) is 4.52. The number of thioether (sulfide) groups is 1. The van der Waals surface area contributed by atoms with Crippen LogP contribution in [-0.4, -0.2) is 38.7 Å². The van der Waals surface area contributed by atoms with Crippen molar-refractivity contribution < 1.29 is 4.79 Å². The maximum absolute atomic E-state index is 13.3. The highest BCUT2D eigenvalue weighted by molar-refractivity contribution is 8.00. The fourth-order valence-corrected chi connectivity index (χ4v) is 4.74. The highest BCUT2D eigenvalue weighted by Gasteiger charge is 2.30. The molecular formula is C22H24N4OS. The number of likely N-dealkylation sites (tertiary alicyclic amines) is 1. The molecule has 0 spiro atoms. The molecule has 144 valence electrons. The van der Waals surface area contributed by atoms with Gasteiger partial charge < -0.3 is 9.47 Å². The van der Waals surface area contributed by atoms with E-state index >= 15 is 0 Å². The summed E-state index contributed by atoms with van der Waals surface area (Å²) in [6, 6.07) is 20.1. The summed E-state index contributed by atoms with van der Waals surface area (Å²) in [6.07, 6.45) is 2.17. The van der Waals surface area contributed by atoms with Crippen LogP contribution in [0, 0.1) is 0 Å². The lowest BCUT2D eigenvalue weighted by Crippen LogP contribution is -2.31. The summed E-state index contributed by atoms with van der Waals surface area (Å²) >= 11 is 1.50. The molecule has 1 aromatic heterocycles. The molecule has 2 aromatic carbocycles. The van der Waals surface area contributed by atoms with E-state index in [0.717, 1.165) is 54.6 Å². The van der Waals surface area contributed by atoms with Gasteiger partial charge in [0.15, 0.2) is 11.0 Å². The molecule has 0 saturated carbocycles. The average molecular weight is 393 g/mol. The SMILES string of the molecule is CCn1c(SC(C(=O)N2CCCC2)c2ccccc2)nnc1-c1ccccc1. The van der Waals surface area contributed by atoms with Crippen LogP contribution in [0.25, 0.3) is 11.4 Å². The average Bonchev–Trinajstić information content (AvgIpc) is 3.42. The van der Waals surface area contributed by atoms with E-state index in [1.807, 2.05) is 65.6 Å². The summed E-state index contributed by atoms with van der Waals surface area (Å²) < 4.78 is 2.09. The van der Waals surface area contributed by atoms with Crippen molar-refractivity contribution in [2.24, 2.45) is 0 Å². The van der Waals surface area contributed by atoms with Crippen molar-refractivity contribution in [2.45, 2.75) is 36.7 Å². The summed E-state index contributed by atoms with van der Waals surface area (Å²) in [4.78, 5) is 15.3. The third-order valence-electron chi connectivity index (χ3n) is 5.03. The minimum atomic E-state index is -0.308. The van der Waals surface area contributed by atoms with E-state index in [2.05, 4.69) is 21.7 Å². The highest BCUT2D eigenvalue weighted by Crippen LogP contribution is 2.37. The molecule has 1 aliphatic rings. The van der Waals surface area contributed by atoms with Crippen LogP contribution in [-0.2, 0) is 11.3 Å². The number of nitrogens with zero attached hydrogens (tertiary/aromatic N) is 4. The third kappa shape index (κ3) is 3.83. The molecular weight excluding hydrogens is 368 g/mol. The van der Waals surface area contributed by atoms with Gasteiger partial charge in [-0.25, -0.2) is 0 Å². The monoisotopic (exact) mass is 392 g/mol. The number of hydrogen-bond donors (Lipinski definition) is 0. The first-order chi connectivity index (χ1) is 13.8. The minimum Gasteiger partial charge on any atom is -0.341 e. The minimum absolute atomic E-state index is 0.167. The van der Waals surface area contributed by atoms with Gasteiger partial charge in [0, 0.05) is 25.2 Å². The van der Waals surface area contributed by atoms with Crippen LogP contribution in [0.3, 0.4) is 0 Å². The fourth-order valence-electron chi connectivity index (χ4n) is 3.56. The van der Waals surface area contributed by atoms with Crippen LogP contribution >= 0.6 is 11.8 Å². The van der Waals surface area contributed by atoms with Gasteiger partial charge in [-0.2, -0.15) is 0 Å². The van der Waals surface area contributed by atoms with Gasteiger partial charge in [-0.3, -0.25) is 4.79 Å². The number of benzene rings is 2. The van der Waals surface area contributed by atoms with Crippen molar-refractivity contribution in [1.29, 1.82) is 0 Å². The Morgan fingerprint density at radius 1 is 1.00 bits per heavy atom. The number of hydrogen-bond acceptors (Lipinski definition) is 4. The number of amides is 1. The van der Waals surface area contributed by atoms with Crippen LogP contribution in [0.1, 0.15) is 30.6 Å². The first-order valence-corrected chi connectivity index (χ1v) is 10.6. The second-order valence-electron chi connectivity index (χ2n) is 6.86. The predicted molar refractivity (Wildman–Crippen MR) is 112 cm³/mol. The van der Waals surface area contributed by atoms with Crippen molar-refractivity contribution in [3.05, 3.63) is 66.2 Å². The fraction of sp³-hybridized carbons (Fsp3) is 0.318. The maximum Gasteiger partial charge on any atom is 0.240 e. The number of carbonyl (C=O) groups excluding carboxylic acids is 1. The van der Waals surface area contributed by atoms with Crippen molar-refractivity contribution in [1.82, 2.24) is 19.7 Å². The number of rotatable bonds is 6. The Morgan fingerprint density at radius 2 is 1.64 bits per heavy atom. The van der Waals surface area contributed by atoms with Crippen LogP contribution in [0.4, 0.5) is 0 Å². The zero-order valence-corrected chi connectivity index (χ0v) is 16.8. The maximum atomic E-state index is 13.3. The molecule has 3 aromatic rings. The molecule has 1 saturated heterocycles. The largest absolute Gasteiger partial charge is 0.341 e. The zero-order valence-electron chi connectivity index (χ0n) is 16.0. The Hall–Kier alpha value is -2.60. The van der Waals surface area contributed by atoms with Crippen molar-refractivity contribution in [3.63, 3.8) is 0 Å². The normalized spacial score (nSPS) is 15.0. The molecule has 0 bridgehead atoms. The van der Waals surface area contributed by atoms with E-state index in [0.29, 0.717) is 0 Å². The Morgan fingerprint density at radius 3 is 2.29 bits per heavy atom. The third-order valence-corrected chi connectivity index (χ3v) is 6.26. The lowest BCUT2D eigenvalue weighted by molar-refractivity contribution is -0.129. The van der Waals surface area contributed by atoms with Crippen molar-refractivity contribution in [3.8, 4) is 11.4 Å². The quantitative estimate of drug-likeness (QED) is 0.583. The summed E-state index contributed by atoms with van der Waals surface area (Å²) in [5.41, 5.74) is 2.04. The lowest BCUT2D eigenvalue weighted by atomic mass is 10.1. The van der Waals surface area contributed by atoms with Crippen molar-refractivity contribution >= 4 is 17.7 Å². The van der Waals surface area contributed by atoms with Crippen LogP contribution in [0.2, 0.25) is 0 Å². The van der Waals surface area contributed by atoms with E-state index in [1.54, 1.807) is 0 Å². The molecule has 4 rings (SSSR count). The predicted octanol–water partition coefficient (Wildman–Crippen LogP) is 4.42. The molecule has 0 aliphatic carbocycles. The van der Waals surface area contributed by atoms with Gasteiger partial charge in [0.05, 0.1) is 0 Å². The molecule has 0 N–H and O–H groups in total. The molecule has 28 heavy (non-hydrogen) atoms. The van der Waals surface area contributed by atoms with E-state index in [1.165, 1.54) is 11.8 Å². The van der Waals surface area contributed by atoms with Crippen LogP contribution in [0.15, 0.2) is 65.8 Å². The van der Waals surface area contributed by atoms with Crippen LogP contribution < -0.4 is 0 Å². The van der Waals surface area contributed by atoms with Gasteiger partial charge in [0.25, 0.3) is 0 Å². The number of carbonyl (C=O) groups is 1. The second-order valence-corrected chi connectivity index (χ2v) is 7.93. The molecule has 2 heterocycles. The molecule has 1 fully saturated rings. The first kappa shape index (κ1) is 18.7. The molecule has 1 unspecified atom stereocenters. The Kier molecular flexibility index (Phi) is 5.76. The van der Waals surface area contributed by atoms with Gasteiger partial charge in [-0.1, -0.05) is 72.4 Å². The van der Waals surface area contributed by atoms with Crippen LogP contribution in [0.5, 0.6) is 0 Å². The van der Waals surface area contributed by atoms with Gasteiger partial charge in [-0.05, 0) is 25.3 Å². The van der Waals surface area contributed by atoms with Gasteiger partial charge in [-0.15, -0.1) is 10.2 Å². The highest BCUT2D eigenvalue weighted by atomic mass is 32.2. The van der Waals surface area contributed by atoms with E-state index in [-0.39, 0.29) is 11.2 Å². The molecule has 1 aliphatic heterocycles. The Bertz CT molecular complexity index is 920. The van der Waals surface area contributed by atoms with Gasteiger partial charge in [0.1, 0.15) is 5.25 Å². The summed E-state index contributed by atoms with van der Waals surface area (Å²) in [5, 5.41) is 9.34. The second kappa shape index (κ2) is 8.61. The van der Waals surface area contributed by atoms with Gasteiger partial charge in [0.2, 0.25) is 5.91 Å². The zero-order chi connectivity index (χ0) is 19.3. The first-order valence-electron chi connectivity index (χ1n) is 9.77. The Labute approximate surface area is 169 Å². The molecule has 6 heteroatoms. The van der Waals surface area contributed by atoms with E-state index in [4.69, 9.17) is 0 Å². The van der Waals surface area contributed by atoms with Gasteiger partial charge >= 0.3 is 0 Å². The van der Waals surface area contributed by atoms with E-state index in [9.17, 15) is 4.79 Å². The molecule has 1 atom stereocenters. The smallest absolute Gasteiger partial charge is 0.240 e. The Balaban J connectivity index is 1.67. The number of aromatic nitrogens is 3. The molecule has 5 nitrogen and oxygen atoms in total. The van der Waals surface area contributed by atoms with Crippen molar-refractivity contribution in [2.75, 3.05) is 13.1 Å². The molecule has 0 radical (unpaired) electrons. The summed E-state index contributed by atoms with van der Waals surface area (Å²) in [7, 11) is 0. The lowest BCUT2D eigenvalue weighted by Gasteiger charge is -2.23. The molecule has 1 amide bonds. The topological polar surface area (TPSA) is 51.0 Å². The summed E-state index contributed by atoms with van der Waals surface area (Å²) in [5.74, 6) is 1.01.